The number of nitrogen functional groups attached to an aromatic ring is 1. The van der Waals surface area contributed by atoms with Crippen molar-refractivity contribution in [2.75, 3.05) is 12.8 Å². The van der Waals surface area contributed by atoms with Gasteiger partial charge < -0.3 is 14.7 Å². The number of methoxy groups -OCH3 is 1. The molecule has 0 atom stereocenters. The zero-order valence-electron chi connectivity index (χ0n) is 18.7. The lowest BCUT2D eigenvalue weighted by molar-refractivity contribution is 0.410. The molecule has 1 heterocycles. The molecule has 32 heavy (non-hydrogen) atoms. The number of alkyl halides is 1. The smallest absolute Gasteiger partial charge is 0.341 e. The largest absolute Gasteiger partial charge is 0.496 e. The molecule has 0 saturated carbocycles. The molecule has 3 aromatic rings. The predicted octanol–water partition coefficient (Wildman–Crippen LogP) is 4.40. The van der Waals surface area contributed by atoms with Crippen LogP contribution in [0.1, 0.15) is 39.1 Å². The van der Waals surface area contributed by atoms with Gasteiger partial charge in [0, 0.05) is 17.9 Å². The first-order valence-corrected chi connectivity index (χ1v) is 11.9. The van der Waals surface area contributed by atoms with Gasteiger partial charge in [0.15, 0.2) is 0 Å². The molecule has 0 aliphatic rings. The summed E-state index contributed by atoms with van der Waals surface area (Å²) in [6.45, 7) is 7.11. The Balaban J connectivity index is 2.08. The monoisotopic (exact) mass is 475 g/mol. The molecule has 0 amide bonds. The van der Waals surface area contributed by atoms with E-state index in [1.165, 1.54) is 0 Å². The molecule has 0 radical (unpaired) electrons. The first-order valence-electron chi connectivity index (χ1n) is 9.92. The number of aryl methyl sites for hydroxylation is 4. The fraction of sp³-hybridized carbons (Fsp3) is 0.304. The number of hydrogen-bond donors (Lipinski definition) is 1. The number of hydrogen-bond acceptors (Lipinski definition) is 7. The van der Waals surface area contributed by atoms with Crippen LogP contribution in [0.15, 0.2) is 35.2 Å². The maximum Gasteiger partial charge on any atom is 0.341 e. The molecule has 0 bridgehead atoms. The lowest BCUT2D eigenvalue weighted by atomic mass is 10.0. The van der Waals surface area contributed by atoms with Crippen LogP contribution in [0.3, 0.4) is 0 Å². The second kappa shape index (κ2) is 9.34. The minimum Gasteiger partial charge on any atom is -0.496 e. The molecule has 3 rings (SSSR count). The molecule has 0 aliphatic heterocycles. The van der Waals surface area contributed by atoms with Gasteiger partial charge >= 0.3 is 10.1 Å². The highest BCUT2D eigenvalue weighted by atomic mass is 35.5. The first kappa shape index (κ1) is 23.8. The second-order valence-corrected chi connectivity index (χ2v) is 9.42. The van der Waals surface area contributed by atoms with Gasteiger partial charge in [-0.1, -0.05) is 29.8 Å². The molecular weight excluding hydrogens is 450 g/mol. The molecule has 0 saturated heterocycles. The van der Waals surface area contributed by atoms with Crippen LogP contribution >= 0.6 is 11.6 Å². The molecule has 1 aromatic heterocycles. The quantitative estimate of drug-likeness (QED) is 0.399. The zero-order chi connectivity index (χ0) is 23.6. The van der Waals surface area contributed by atoms with Gasteiger partial charge in [-0.3, -0.25) is 0 Å². The Kier molecular flexibility index (Phi) is 6.95. The number of benzene rings is 2. The zero-order valence-corrected chi connectivity index (χ0v) is 20.3. The van der Waals surface area contributed by atoms with Gasteiger partial charge in [-0.25, -0.2) is 4.98 Å². The van der Waals surface area contributed by atoms with Crippen molar-refractivity contribution in [1.29, 1.82) is 0 Å². The van der Waals surface area contributed by atoms with Gasteiger partial charge in [-0.15, -0.1) is 11.6 Å². The number of aromatic nitrogens is 2. The van der Waals surface area contributed by atoms with Crippen molar-refractivity contribution in [3.8, 4) is 11.6 Å². The van der Waals surface area contributed by atoms with Crippen LogP contribution in [0.5, 0.6) is 11.6 Å². The number of anilines is 1. The summed E-state index contributed by atoms with van der Waals surface area (Å²) < 4.78 is 37.5. The predicted molar refractivity (Wildman–Crippen MR) is 125 cm³/mol. The maximum absolute atomic E-state index is 13.2. The summed E-state index contributed by atoms with van der Waals surface area (Å²) in [5, 5.41) is 0. The second-order valence-electron chi connectivity index (χ2n) is 7.67. The van der Waals surface area contributed by atoms with Crippen molar-refractivity contribution in [3.63, 3.8) is 0 Å². The average molecular weight is 476 g/mol. The van der Waals surface area contributed by atoms with Crippen LogP contribution in [0.4, 0.5) is 5.95 Å². The summed E-state index contributed by atoms with van der Waals surface area (Å²) in [4.78, 5) is 8.43. The summed E-state index contributed by atoms with van der Waals surface area (Å²) in [7, 11) is -2.60. The molecular formula is C23H26ClN3O4S. The van der Waals surface area contributed by atoms with Crippen LogP contribution in [-0.2, 0) is 22.4 Å². The Morgan fingerprint density at radius 2 is 1.69 bits per heavy atom. The highest BCUT2D eigenvalue weighted by molar-refractivity contribution is 7.87. The topological polar surface area (TPSA) is 104 Å². The van der Waals surface area contributed by atoms with E-state index in [9.17, 15) is 8.42 Å². The summed E-state index contributed by atoms with van der Waals surface area (Å²) in [6, 6.07) is 9.19. The lowest BCUT2D eigenvalue weighted by Crippen LogP contribution is -2.17. The first-order chi connectivity index (χ1) is 15.1. The highest BCUT2D eigenvalue weighted by Gasteiger charge is 2.26. The Morgan fingerprint density at radius 1 is 1.03 bits per heavy atom. The summed E-state index contributed by atoms with van der Waals surface area (Å²) in [6.07, 6.45) is 0.286. The van der Waals surface area contributed by atoms with E-state index >= 15 is 0 Å². The van der Waals surface area contributed by atoms with E-state index in [1.54, 1.807) is 40.0 Å². The fourth-order valence-corrected chi connectivity index (χ4v) is 5.28. The standard InChI is InChI=1S/C23H26ClN3O4S/c1-13-8-14(2)21(15(3)9-13)32(28,29)31-22-19(16(4)26-23(25)27-22)11-18-7-6-17(12-24)10-20(18)30-5/h6-10H,11-12H2,1-5H3,(H2,25,26,27). The molecule has 0 aliphatic carbocycles. The molecule has 170 valence electrons. The molecule has 2 aromatic carbocycles. The van der Waals surface area contributed by atoms with E-state index < -0.39 is 10.1 Å². The number of halogens is 1. The summed E-state index contributed by atoms with van der Waals surface area (Å²) in [5.41, 5.74) is 10.7. The van der Waals surface area contributed by atoms with E-state index in [2.05, 4.69) is 9.97 Å². The van der Waals surface area contributed by atoms with E-state index in [-0.39, 0.29) is 23.1 Å². The third kappa shape index (κ3) is 4.97. The van der Waals surface area contributed by atoms with E-state index in [0.29, 0.717) is 34.0 Å². The van der Waals surface area contributed by atoms with Crippen LogP contribution < -0.4 is 14.7 Å². The van der Waals surface area contributed by atoms with E-state index in [4.69, 9.17) is 26.3 Å². The Bertz CT molecular complexity index is 1250. The van der Waals surface area contributed by atoms with Crippen LogP contribution in [0, 0.1) is 27.7 Å². The summed E-state index contributed by atoms with van der Waals surface area (Å²) >= 11 is 5.93. The van der Waals surface area contributed by atoms with Gasteiger partial charge in [0.25, 0.3) is 0 Å². The van der Waals surface area contributed by atoms with Crippen LogP contribution in [-0.4, -0.2) is 25.5 Å². The van der Waals surface area contributed by atoms with E-state index in [0.717, 1.165) is 16.7 Å². The van der Waals surface area contributed by atoms with Crippen molar-refractivity contribution in [2.24, 2.45) is 0 Å². The third-order valence-corrected chi connectivity index (χ3v) is 6.94. The SMILES string of the molecule is COc1cc(CCl)ccc1Cc1c(C)nc(N)nc1OS(=O)(=O)c1c(C)cc(C)cc1C. The number of rotatable bonds is 7. The molecule has 0 fully saturated rings. The number of ether oxygens (including phenoxy) is 1. The van der Waals surface area contributed by atoms with Crippen LogP contribution in [0.25, 0.3) is 0 Å². The average Bonchev–Trinajstić information content (AvgIpc) is 2.69. The summed E-state index contributed by atoms with van der Waals surface area (Å²) in [5.74, 6) is 0.803. The minimum absolute atomic E-state index is 0.0711. The Morgan fingerprint density at radius 3 is 2.28 bits per heavy atom. The minimum atomic E-state index is -4.16. The third-order valence-electron chi connectivity index (χ3n) is 5.11. The van der Waals surface area contributed by atoms with Crippen molar-refractivity contribution < 1.29 is 17.3 Å². The van der Waals surface area contributed by atoms with Gasteiger partial charge in [0.05, 0.1) is 12.8 Å². The Hall–Kier alpha value is -2.84. The van der Waals surface area contributed by atoms with E-state index in [1.807, 2.05) is 25.1 Å². The van der Waals surface area contributed by atoms with Gasteiger partial charge in [-0.05, 0) is 56.0 Å². The molecule has 2 N–H and O–H groups in total. The molecule has 9 heteroatoms. The van der Waals surface area contributed by atoms with Gasteiger partial charge in [-0.2, -0.15) is 13.4 Å². The highest BCUT2D eigenvalue weighted by Crippen LogP contribution is 2.31. The van der Waals surface area contributed by atoms with Crippen molar-refractivity contribution in [3.05, 3.63) is 69.4 Å². The molecule has 7 nitrogen and oxygen atoms in total. The van der Waals surface area contributed by atoms with Crippen molar-refractivity contribution in [1.82, 2.24) is 9.97 Å². The molecule has 0 unspecified atom stereocenters. The van der Waals surface area contributed by atoms with Gasteiger partial charge in [0.2, 0.25) is 11.8 Å². The maximum atomic E-state index is 13.2. The van der Waals surface area contributed by atoms with Gasteiger partial charge in [0.1, 0.15) is 10.6 Å². The number of nitrogens with two attached hydrogens (primary N) is 1. The molecule has 0 spiro atoms. The normalized spacial score (nSPS) is 11.4. The van der Waals surface area contributed by atoms with Crippen LogP contribution in [0.2, 0.25) is 0 Å². The lowest BCUT2D eigenvalue weighted by Gasteiger charge is -2.16. The van der Waals surface area contributed by atoms with Crippen molar-refractivity contribution >= 4 is 27.7 Å². The fourth-order valence-electron chi connectivity index (χ4n) is 3.78. The van der Waals surface area contributed by atoms with Crippen molar-refractivity contribution in [2.45, 2.75) is 44.9 Å². The Labute approximate surface area is 193 Å². The number of nitrogens with zero attached hydrogens (tertiary/aromatic N) is 2.